The van der Waals surface area contributed by atoms with Crippen molar-refractivity contribution in [2.24, 2.45) is 23.7 Å². The monoisotopic (exact) mass is 545 g/mol. The van der Waals surface area contributed by atoms with Crippen molar-refractivity contribution in [3.8, 4) is 0 Å². The molecule has 0 fully saturated rings. The third kappa shape index (κ3) is 28.4. The zero-order chi connectivity index (χ0) is 21.0. The molecular weight excluding hydrogens is 510 g/mol. The zero-order valence-corrected chi connectivity index (χ0v) is 23.6. The molecule has 0 spiro atoms. The predicted octanol–water partition coefficient (Wildman–Crippen LogP) is 6.20. The molecule has 0 aromatic heterocycles. The first-order valence-corrected chi connectivity index (χ1v) is 16.2. The number of rotatable bonds is 12. The summed E-state index contributed by atoms with van der Waals surface area (Å²) >= 11 is 20.2. The summed E-state index contributed by atoms with van der Waals surface area (Å²) in [6.07, 6.45) is 0. The molecule has 4 nitrogen and oxygen atoms in total. The summed E-state index contributed by atoms with van der Waals surface area (Å²) < 4.78 is 21.4. The fourth-order valence-electron chi connectivity index (χ4n) is 1.04. The minimum absolute atomic E-state index is 0. The average molecular weight is 546 g/mol. The van der Waals surface area contributed by atoms with E-state index >= 15 is 0 Å². The molecule has 0 atom stereocenters. The molecule has 0 aliphatic rings. The van der Waals surface area contributed by atoms with Gasteiger partial charge in [-0.1, -0.05) is 79.0 Å². The van der Waals surface area contributed by atoms with Crippen molar-refractivity contribution in [1.29, 1.82) is 0 Å². The quantitative estimate of drug-likeness (QED) is 0.163. The van der Waals surface area contributed by atoms with Crippen molar-refractivity contribution < 1.29 is 35.2 Å². The van der Waals surface area contributed by atoms with Crippen LogP contribution in [-0.2, 0) is 83.3 Å². The van der Waals surface area contributed by atoms with E-state index in [-0.39, 0.29) is 17.1 Å². The van der Waals surface area contributed by atoms with Gasteiger partial charge in [0.05, 0.1) is 37.8 Å². The van der Waals surface area contributed by atoms with Gasteiger partial charge in [-0.15, -0.1) is 0 Å². The van der Waals surface area contributed by atoms with Crippen molar-refractivity contribution >= 4 is 59.5 Å². The molecule has 0 N–H and O–H groups in total. The Balaban J connectivity index is -0.000000411. The van der Waals surface area contributed by atoms with E-state index in [0.717, 1.165) is 0 Å². The Morgan fingerprint density at radius 2 is 0.704 bits per heavy atom. The largest absolute Gasteiger partial charge is 2.00 e. The second-order valence-electron chi connectivity index (χ2n) is 7.65. The molecule has 0 amide bonds. The van der Waals surface area contributed by atoms with Crippen LogP contribution in [0.3, 0.4) is 0 Å². The van der Waals surface area contributed by atoms with E-state index in [4.69, 9.17) is 66.2 Å². The molecule has 0 aliphatic heterocycles. The summed E-state index contributed by atoms with van der Waals surface area (Å²) in [6, 6.07) is 0. The fraction of sp³-hybridized carbons (Fsp3) is 1.00. The molecule has 0 aromatic rings. The summed E-state index contributed by atoms with van der Waals surface area (Å²) in [5.41, 5.74) is -4.77. The Morgan fingerprint density at radius 1 is 0.556 bits per heavy atom. The molecule has 0 saturated heterocycles. The second-order valence-corrected chi connectivity index (χ2v) is 17.6. The van der Waals surface area contributed by atoms with Crippen molar-refractivity contribution in [3.63, 3.8) is 0 Å². The van der Waals surface area contributed by atoms with Crippen LogP contribution >= 0.6 is 11.4 Å². The normalized spacial score (nSPS) is 12.4. The molecule has 11 heteroatoms. The van der Waals surface area contributed by atoms with Crippen molar-refractivity contribution in [1.82, 2.24) is 0 Å². The third-order valence-electron chi connectivity index (χ3n) is 2.26. The molecule has 0 unspecified atom stereocenters. The maximum Gasteiger partial charge on any atom is 2.00 e. The van der Waals surface area contributed by atoms with Gasteiger partial charge in [-0.25, -0.2) is 0 Å². The maximum atomic E-state index is 5.36. The molecule has 0 aromatic carbocycles. The minimum atomic E-state index is -2.38. The van der Waals surface area contributed by atoms with Gasteiger partial charge in [-0.05, 0) is 23.7 Å². The van der Waals surface area contributed by atoms with Crippen LogP contribution < -0.4 is 0 Å². The smallest absolute Gasteiger partial charge is 0.691 e. The van der Waals surface area contributed by atoms with Crippen LogP contribution in [0.5, 0.6) is 0 Å². The topological polar surface area (TPSA) is 36.9 Å². The van der Waals surface area contributed by atoms with Gasteiger partial charge >= 0.3 is 17.1 Å². The van der Waals surface area contributed by atoms with Gasteiger partial charge in [-0.2, -0.15) is 0 Å². The number of hydrogen-bond donors (Lipinski definition) is 0. The Morgan fingerprint density at radius 3 is 0.815 bits per heavy atom. The molecule has 0 aliphatic carbocycles. The Kier molecular flexibility index (Phi) is 22.6. The fourth-order valence-corrected chi connectivity index (χ4v) is 4.57. The molecule has 1 radical (unpaired) electrons. The van der Waals surface area contributed by atoms with Crippen LogP contribution in [0.1, 0.15) is 55.4 Å². The first-order chi connectivity index (χ1) is 11.7. The second kappa shape index (κ2) is 18.0. The summed E-state index contributed by atoms with van der Waals surface area (Å²) in [7, 11) is 0. The Labute approximate surface area is 199 Å². The van der Waals surface area contributed by atoms with Crippen molar-refractivity contribution in [2.45, 2.75) is 55.4 Å². The molecular formula is C16H36CuO4P2S4. The van der Waals surface area contributed by atoms with Crippen LogP contribution in [0.25, 0.3) is 0 Å². The van der Waals surface area contributed by atoms with Gasteiger partial charge in [-0.3, -0.25) is 0 Å². The van der Waals surface area contributed by atoms with Gasteiger partial charge in [0.1, 0.15) is 0 Å². The molecule has 169 valence electrons. The van der Waals surface area contributed by atoms with E-state index in [9.17, 15) is 0 Å². The van der Waals surface area contributed by atoms with Gasteiger partial charge in [0.15, 0.2) is 0 Å². The van der Waals surface area contributed by atoms with Crippen molar-refractivity contribution in [2.75, 3.05) is 26.4 Å². The standard InChI is InChI=1S/2C8H19O2PS2.Cu/c2*1-7(2)5-9-11(12,13)10-6-8(3)4;/h2*7-8H,5-6H2,1-4H3,(H,12,13);/q;;+2/p-2. The zero-order valence-electron chi connectivity index (χ0n) is 17.6. The summed E-state index contributed by atoms with van der Waals surface area (Å²) in [5, 5.41) is 0. The SMILES string of the molecule is CC(C)COP(=S)([S-])OCC(C)C.CC(C)COP(=S)([S-])OCC(C)C.[Cu+2]. The summed E-state index contributed by atoms with van der Waals surface area (Å²) in [5.74, 6) is 1.81. The number of hydrogen-bond acceptors (Lipinski definition) is 8. The van der Waals surface area contributed by atoms with Gasteiger partial charge in [0.2, 0.25) is 0 Å². The molecule has 0 heterocycles. The minimum Gasteiger partial charge on any atom is -0.691 e. The van der Waals surface area contributed by atoms with Gasteiger partial charge in [0.25, 0.3) is 0 Å². The van der Waals surface area contributed by atoms with Crippen LogP contribution in [-0.4, -0.2) is 26.4 Å². The van der Waals surface area contributed by atoms with Gasteiger partial charge in [0, 0.05) is 0 Å². The van der Waals surface area contributed by atoms with Crippen LogP contribution in [0.15, 0.2) is 0 Å². The average Bonchev–Trinajstić information content (AvgIpc) is 2.48. The van der Waals surface area contributed by atoms with E-state index in [1.807, 2.05) is 0 Å². The first kappa shape index (κ1) is 34.0. The van der Waals surface area contributed by atoms with E-state index in [0.29, 0.717) is 50.1 Å². The molecule has 0 rings (SSSR count). The van der Waals surface area contributed by atoms with E-state index in [1.165, 1.54) is 0 Å². The van der Waals surface area contributed by atoms with Crippen LogP contribution in [0.2, 0.25) is 0 Å². The first-order valence-electron chi connectivity index (χ1n) is 8.87. The molecule has 0 saturated carbocycles. The van der Waals surface area contributed by atoms with E-state index in [2.05, 4.69) is 55.4 Å². The Hall–Kier alpha value is 2.36. The third-order valence-corrected chi connectivity index (χ3v) is 6.65. The summed E-state index contributed by atoms with van der Waals surface area (Å²) in [4.78, 5) is 0. The van der Waals surface area contributed by atoms with E-state index < -0.39 is 11.4 Å². The van der Waals surface area contributed by atoms with Crippen LogP contribution in [0, 0.1) is 23.7 Å². The van der Waals surface area contributed by atoms with Crippen LogP contribution in [0.4, 0.5) is 0 Å². The van der Waals surface area contributed by atoms with Gasteiger partial charge < -0.3 is 42.6 Å². The van der Waals surface area contributed by atoms with E-state index in [1.54, 1.807) is 0 Å². The molecule has 0 bridgehead atoms. The predicted molar refractivity (Wildman–Crippen MR) is 126 cm³/mol. The Bertz CT molecular complexity index is 380. The molecule has 27 heavy (non-hydrogen) atoms. The summed E-state index contributed by atoms with van der Waals surface area (Å²) in [6.45, 7) is 18.9. The maximum absolute atomic E-state index is 5.36. The van der Waals surface area contributed by atoms with Crippen molar-refractivity contribution in [3.05, 3.63) is 0 Å².